The topological polar surface area (TPSA) is 69.4 Å². The summed E-state index contributed by atoms with van der Waals surface area (Å²) in [4.78, 5) is 0. The lowest BCUT2D eigenvalue weighted by Gasteiger charge is -2.15. The molecule has 1 saturated carbocycles. The minimum atomic E-state index is -3.16. The van der Waals surface area contributed by atoms with Gasteiger partial charge in [-0.25, -0.2) is 8.42 Å². The zero-order valence-corrected chi connectivity index (χ0v) is 14.1. The molecule has 1 aliphatic carbocycles. The van der Waals surface area contributed by atoms with Gasteiger partial charge < -0.3 is 10.5 Å². The monoisotopic (exact) mass is 361 g/mol. The first-order valence-corrected chi connectivity index (χ1v) is 9.33. The van der Waals surface area contributed by atoms with Crippen molar-refractivity contribution >= 4 is 25.8 Å². The fraction of sp³-hybridized carbons (Fsp3) is 0.571. The van der Waals surface area contributed by atoms with Crippen LogP contribution in [0.4, 0.5) is 0 Å². The Bertz CT molecular complexity index is 573. The zero-order valence-electron chi connectivity index (χ0n) is 11.7. The SMILES string of the molecule is CCOC[C@]1(CN)[C@@H](c2ccc(Br)cc2)[C@@H]1S(C)(=O)=O. The largest absolute Gasteiger partial charge is 0.381 e. The summed E-state index contributed by atoms with van der Waals surface area (Å²) in [5.41, 5.74) is 6.42. The van der Waals surface area contributed by atoms with E-state index in [1.807, 2.05) is 31.2 Å². The quantitative estimate of drug-likeness (QED) is 0.840. The van der Waals surface area contributed by atoms with Crippen molar-refractivity contribution in [3.8, 4) is 0 Å². The molecule has 4 nitrogen and oxygen atoms in total. The van der Waals surface area contributed by atoms with Crippen molar-refractivity contribution in [3.05, 3.63) is 34.3 Å². The van der Waals surface area contributed by atoms with Crippen LogP contribution in [0.5, 0.6) is 0 Å². The van der Waals surface area contributed by atoms with Gasteiger partial charge in [0.25, 0.3) is 0 Å². The molecule has 3 atom stereocenters. The van der Waals surface area contributed by atoms with Crippen LogP contribution in [0.15, 0.2) is 28.7 Å². The molecular weight excluding hydrogens is 342 g/mol. The maximum Gasteiger partial charge on any atom is 0.151 e. The van der Waals surface area contributed by atoms with Gasteiger partial charge in [-0.2, -0.15) is 0 Å². The number of hydrogen-bond donors (Lipinski definition) is 1. The standard InChI is InChI=1S/C14H20BrNO3S/c1-3-19-9-14(8-16)12(13(14)20(2,17)18)10-4-6-11(15)7-5-10/h4-7,12-13H,3,8-9,16H2,1-2H3/t12-,13-,14+/m0/s1. The van der Waals surface area contributed by atoms with Crippen LogP contribution in [0, 0.1) is 5.41 Å². The van der Waals surface area contributed by atoms with Gasteiger partial charge in [0.1, 0.15) is 0 Å². The number of halogens is 1. The van der Waals surface area contributed by atoms with Gasteiger partial charge in [-0.3, -0.25) is 0 Å². The maximum atomic E-state index is 12.1. The lowest BCUT2D eigenvalue weighted by atomic mass is 10.00. The second-order valence-electron chi connectivity index (χ2n) is 5.35. The van der Waals surface area contributed by atoms with E-state index in [0.29, 0.717) is 19.8 Å². The maximum absolute atomic E-state index is 12.1. The normalized spacial score (nSPS) is 29.4. The molecule has 20 heavy (non-hydrogen) atoms. The summed E-state index contributed by atoms with van der Waals surface area (Å²) >= 11 is 3.39. The van der Waals surface area contributed by atoms with E-state index in [2.05, 4.69) is 15.9 Å². The first-order chi connectivity index (χ1) is 9.36. The molecule has 0 bridgehead atoms. The van der Waals surface area contributed by atoms with Gasteiger partial charge in [0, 0.05) is 35.2 Å². The van der Waals surface area contributed by atoms with E-state index in [4.69, 9.17) is 10.5 Å². The van der Waals surface area contributed by atoms with Gasteiger partial charge in [-0.1, -0.05) is 28.1 Å². The van der Waals surface area contributed by atoms with Crippen LogP contribution in [-0.2, 0) is 14.6 Å². The van der Waals surface area contributed by atoms with Crippen LogP contribution < -0.4 is 5.73 Å². The molecule has 0 saturated heterocycles. The average Bonchev–Trinajstić information content (AvgIpc) is 3.07. The Morgan fingerprint density at radius 1 is 1.35 bits per heavy atom. The van der Waals surface area contributed by atoms with E-state index < -0.39 is 20.5 Å². The van der Waals surface area contributed by atoms with Crippen molar-refractivity contribution in [1.82, 2.24) is 0 Å². The van der Waals surface area contributed by atoms with E-state index in [-0.39, 0.29) is 5.92 Å². The third-order valence-electron chi connectivity index (χ3n) is 4.02. The average molecular weight is 362 g/mol. The van der Waals surface area contributed by atoms with Crippen LogP contribution in [-0.4, -0.2) is 39.7 Å². The van der Waals surface area contributed by atoms with E-state index in [0.717, 1.165) is 10.0 Å². The fourth-order valence-electron chi connectivity index (χ4n) is 3.07. The van der Waals surface area contributed by atoms with Gasteiger partial charge in [0.2, 0.25) is 0 Å². The Labute approximate surface area is 128 Å². The molecule has 112 valence electrons. The number of rotatable bonds is 6. The van der Waals surface area contributed by atoms with Crippen molar-refractivity contribution in [3.63, 3.8) is 0 Å². The molecule has 1 aromatic rings. The van der Waals surface area contributed by atoms with Gasteiger partial charge >= 0.3 is 0 Å². The van der Waals surface area contributed by atoms with Gasteiger partial charge in [0.05, 0.1) is 11.9 Å². The van der Waals surface area contributed by atoms with Crippen molar-refractivity contribution in [2.75, 3.05) is 26.0 Å². The predicted octanol–water partition coefficient (Wildman–Crippen LogP) is 1.94. The Balaban J connectivity index is 2.36. The van der Waals surface area contributed by atoms with E-state index in [1.54, 1.807) is 0 Å². The second-order valence-corrected chi connectivity index (χ2v) is 8.44. The Morgan fingerprint density at radius 3 is 2.40 bits per heavy atom. The highest BCUT2D eigenvalue weighted by Crippen LogP contribution is 2.62. The molecule has 1 aliphatic rings. The molecule has 0 heterocycles. The van der Waals surface area contributed by atoms with Crippen molar-refractivity contribution in [2.24, 2.45) is 11.1 Å². The molecule has 2 N–H and O–H groups in total. The highest BCUT2D eigenvalue weighted by molar-refractivity contribution is 9.10. The molecule has 0 aromatic heterocycles. The molecule has 0 amide bonds. The van der Waals surface area contributed by atoms with Crippen LogP contribution in [0.25, 0.3) is 0 Å². The van der Waals surface area contributed by atoms with E-state index in [9.17, 15) is 8.42 Å². The third-order valence-corrected chi connectivity index (χ3v) is 6.22. The summed E-state index contributed by atoms with van der Waals surface area (Å²) in [5.74, 6) is -0.0813. The van der Waals surface area contributed by atoms with Crippen molar-refractivity contribution in [1.29, 1.82) is 0 Å². The summed E-state index contributed by atoms with van der Waals surface area (Å²) in [6, 6.07) is 7.76. The molecule has 1 fully saturated rings. The summed E-state index contributed by atoms with van der Waals surface area (Å²) in [6.07, 6.45) is 1.28. The smallest absolute Gasteiger partial charge is 0.151 e. The van der Waals surface area contributed by atoms with Gasteiger partial charge in [-0.15, -0.1) is 0 Å². The summed E-state index contributed by atoms with van der Waals surface area (Å²) < 4.78 is 30.6. The minimum absolute atomic E-state index is 0.0813. The van der Waals surface area contributed by atoms with Gasteiger partial charge in [-0.05, 0) is 24.6 Å². The number of benzene rings is 1. The minimum Gasteiger partial charge on any atom is -0.381 e. The van der Waals surface area contributed by atoms with Crippen LogP contribution in [0.1, 0.15) is 18.4 Å². The second kappa shape index (κ2) is 5.75. The summed E-state index contributed by atoms with van der Waals surface area (Å²) in [5, 5.41) is -0.451. The molecular formula is C14H20BrNO3S. The van der Waals surface area contributed by atoms with Crippen molar-refractivity contribution < 1.29 is 13.2 Å². The molecule has 0 aliphatic heterocycles. The van der Waals surface area contributed by atoms with E-state index in [1.165, 1.54) is 6.26 Å². The highest BCUT2D eigenvalue weighted by atomic mass is 79.9. The predicted molar refractivity (Wildman–Crippen MR) is 83.5 cm³/mol. The molecule has 6 heteroatoms. The van der Waals surface area contributed by atoms with Crippen molar-refractivity contribution in [2.45, 2.75) is 18.1 Å². The Morgan fingerprint density at radius 2 is 1.95 bits per heavy atom. The molecule has 0 unspecified atom stereocenters. The van der Waals surface area contributed by atoms with Gasteiger partial charge in [0.15, 0.2) is 9.84 Å². The molecule has 1 aromatic carbocycles. The zero-order chi connectivity index (χ0) is 15.0. The lowest BCUT2D eigenvalue weighted by Crippen LogP contribution is -2.28. The first-order valence-electron chi connectivity index (χ1n) is 6.59. The number of nitrogens with two attached hydrogens (primary N) is 1. The highest BCUT2D eigenvalue weighted by Gasteiger charge is 2.69. The summed E-state index contributed by atoms with van der Waals surface area (Å²) in [6.45, 7) is 3.16. The Kier molecular flexibility index (Phi) is 4.59. The molecule has 0 radical (unpaired) electrons. The van der Waals surface area contributed by atoms with Crippen LogP contribution in [0.2, 0.25) is 0 Å². The van der Waals surface area contributed by atoms with Crippen LogP contribution >= 0.6 is 15.9 Å². The fourth-order valence-corrected chi connectivity index (χ4v) is 5.34. The number of ether oxygens (including phenoxy) is 1. The van der Waals surface area contributed by atoms with E-state index >= 15 is 0 Å². The lowest BCUT2D eigenvalue weighted by molar-refractivity contribution is 0.101. The molecule has 0 spiro atoms. The molecule has 2 rings (SSSR count). The first kappa shape index (κ1) is 15.9. The number of hydrogen-bond acceptors (Lipinski definition) is 4. The third kappa shape index (κ3) is 2.79. The Hall–Kier alpha value is -0.430. The van der Waals surface area contributed by atoms with Crippen LogP contribution in [0.3, 0.4) is 0 Å². The number of sulfone groups is 1. The summed E-state index contributed by atoms with van der Waals surface area (Å²) in [7, 11) is -3.16.